The second-order valence-corrected chi connectivity index (χ2v) is 6.09. The van der Waals surface area contributed by atoms with Crippen LogP contribution in [-0.2, 0) is 11.2 Å². The Morgan fingerprint density at radius 1 is 1.40 bits per heavy atom. The molecule has 0 aromatic carbocycles. The van der Waals surface area contributed by atoms with Gasteiger partial charge in [0.2, 0.25) is 0 Å². The second-order valence-electron chi connectivity index (χ2n) is 6.09. The molecule has 0 unspecified atom stereocenters. The molecule has 20 heavy (non-hydrogen) atoms. The Morgan fingerprint density at radius 2 is 2.20 bits per heavy atom. The molecule has 2 atom stereocenters. The number of aliphatic carboxylic acids is 1. The van der Waals surface area contributed by atoms with E-state index in [1.807, 2.05) is 10.9 Å². The highest BCUT2D eigenvalue weighted by Crippen LogP contribution is 2.26. The SMILES string of the molecule is O=C(O)[C@@H]1C[C@H](n2cc(CC3CCCCC3)nn2)CN1. The Bertz CT molecular complexity index is 467. The number of nitrogens with one attached hydrogen (secondary N) is 1. The van der Waals surface area contributed by atoms with Crippen molar-refractivity contribution in [2.45, 2.75) is 57.0 Å². The Kier molecular flexibility index (Phi) is 4.00. The molecule has 6 heteroatoms. The largest absolute Gasteiger partial charge is 0.480 e. The molecule has 0 radical (unpaired) electrons. The van der Waals surface area contributed by atoms with Crippen LogP contribution >= 0.6 is 0 Å². The molecule has 2 N–H and O–H groups in total. The van der Waals surface area contributed by atoms with E-state index >= 15 is 0 Å². The van der Waals surface area contributed by atoms with Gasteiger partial charge in [-0.2, -0.15) is 0 Å². The van der Waals surface area contributed by atoms with Gasteiger partial charge >= 0.3 is 5.97 Å². The molecule has 1 saturated heterocycles. The van der Waals surface area contributed by atoms with Crippen LogP contribution < -0.4 is 5.32 Å². The summed E-state index contributed by atoms with van der Waals surface area (Å²) in [5.41, 5.74) is 1.05. The lowest BCUT2D eigenvalue weighted by Crippen LogP contribution is -2.29. The van der Waals surface area contributed by atoms with E-state index in [1.54, 1.807) is 0 Å². The molecule has 110 valence electrons. The lowest BCUT2D eigenvalue weighted by atomic mass is 9.86. The lowest BCUT2D eigenvalue weighted by Gasteiger charge is -2.20. The Balaban J connectivity index is 1.58. The summed E-state index contributed by atoms with van der Waals surface area (Å²) < 4.78 is 1.84. The number of aromatic nitrogens is 3. The van der Waals surface area contributed by atoms with Crippen molar-refractivity contribution in [2.24, 2.45) is 5.92 Å². The summed E-state index contributed by atoms with van der Waals surface area (Å²) >= 11 is 0. The molecule has 1 aromatic rings. The number of hydrogen-bond acceptors (Lipinski definition) is 4. The van der Waals surface area contributed by atoms with Crippen molar-refractivity contribution in [3.05, 3.63) is 11.9 Å². The highest BCUT2D eigenvalue weighted by Gasteiger charge is 2.31. The zero-order chi connectivity index (χ0) is 13.9. The first-order chi connectivity index (χ1) is 9.72. The first-order valence-electron chi connectivity index (χ1n) is 7.59. The maximum atomic E-state index is 10.9. The number of carboxylic acids is 1. The third-order valence-electron chi connectivity index (χ3n) is 4.56. The highest BCUT2D eigenvalue weighted by molar-refractivity contribution is 5.73. The summed E-state index contributed by atoms with van der Waals surface area (Å²) in [6, 6.07) is -0.338. The van der Waals surface area contributed by atoms with Gasteiger partial charge in [0, 0.05) is 12.7 Å². The number of rotatable bonds is 4. The van der Waals surface area contributed by atoms with Crippen molar-refractivity contribution in [3.63, 3.8) is 0 Å². The third kappa shape index (κ3) is 3.00. The minimum absolute atomic E-state index is 0.115. The molecule has 2 heterocycles. The fourth-order valence-electron chi connectivity index (χ4n) is 3.38. The Hall–Kier alpha value is -1.43. The summed E-state index contributed by atoms with van der Waals surface area (Å²) in [6.45, 7) is 0.656. The second kappa shape index (κ2) is 5.91. The third-order valence-corrected chi connectivity index (χ3v) is 4.56. The van der Waals surface area contributed by atoms with Crippen molar-refractivity contribution in [1.29, 1.82) is 0 Å². The fraction of sp³-hybridized carbons (Fsp3) is 0.786. The molecule has 1 saturated carbocycles. The van der Waals surface area contributed by atoms with E-state index in [0.717, 1.165) is 18.0 Å². The molecule has 0 spiro atoms. The van der Waals surface area contributed by atoms with Crippen LogP contribution in [0.25, 0.3) is 0 Å². The van der Waals surface area contributed by atoms with E-state index in [9.17, 15) is 4.79 Å². The summed E-state index contributed by atoms with van der Waals surface area (Å²) in [6.07, 6.45) is 10.3. The fourth-order valence-corrected chi connectivity index (χ4v) is 3.38. The molecule has 1 aliphatic heterocycles. The molecule has 1 aliphatic carbocycles. The lowest BCUT2D eigenvalue weighted by molar-refractivity contribution is -0.139. The molecule has 1 aromatic heterocycles. The van der Waals surface area contributed by atoms with Crippen LogP contribution in [0.3, 0.4) is 0 Å². The van der Waals surface area contributed by atoms with Gasteiger partial charge in [0.25, 0.3) is 0 Å². The van der Waals surface area contributed by atoms with E-state index < -0.39 is 12.0 Å². The normalized spacial score (nSPS) is 27.8. The molecule has 3 rings (SSSR count). The summed E-state index contributed by atoms with van der Waals surface area (Å²) in [7, 11) is 0. The summed E-state index contributed by atoms with van der Waals surface area (Å²) in [5.74, 6) is -0.0302. The smallest absolute Gasteiger partial charge is 0.320 e. The van der Waals surface area contributed by atoms with Gasteiger partial charge in [0.05, 0.1) is 11.7 Å². The van der Waals surface area contributed by atoms with Crippen molar-refractivity contribution in [3.8, 4) is 0 Å². The van der Waals surface area contributed by atoms with Crippen LogP contribution in [0.15, 0.2) is 6.20 Å². The van der Waals surface area contributed by atoms with Gasteiger partial charge in [0.1, 0.15) is 6.04 Å². The predicted octanol–water partition coefficient (Wildman–Crippen LogP) is 1.39. The number of nitrogens with zero attached hydrogens (tertiary/aromatic N) is 3. The molecule has 0 amide bonds. The highest BCUT2D eigenvalue weighted by atomic mass is 16.4. The van der Waals surface area contributed by atoms with Crippen molar-refractivity contribution in [1.82, 2.24) is 20.3 Å². The monoisotopic (exact) mass is 278 g/mol. The molecule has 6 nitrogen and oxygen atoms in total. The maximum Gasteiger partial charge on any atom is 0.320 e. The van der Waals surface area contributed by atoms with E-state index in [1.165, 1.54) is 32.1 Å². The molecule has 2 fully saturated rings. The number of carboxylic acid groups (broad SMARTS) is 1. The molecule has 2 aliphatic rings. The van der Waals surface area contributed by atoms with Crippen molar-refractivity contribution >= 4 is 5.97 Å². The van der Waals surface area contributed by atoms with Crippen molar-refractivity contribution < 1.29 is 9.90 Å². The standard InChI is InChI=1S/C14H22N4O2/c19-14(20)13-7-12(8-15-13)18-9-11(16-17-18)6-10-4-2-1-3-5-10/h9-10,12-13,15H,1-8H2,(H,19,20)/t12-,13-/m0/s1. The number of carbonyl (C=O) groups is 1. The first-order valence-corrected chi connectivity index (χ1v) is 7.59. The van der Waals surface area contributed by atoms with Crippen LogP contribution in [0.1, 0.15) is 50.3 Å². The summed E-state index contributed by atoms with van der Waals surface area (Å²) in [5, 5.41) is 20.5. The zero-order valence-corrected chi connectivity index (χ0v) is 11.7. The van der Waals surface area contributed by atoms with Crippen LogP contribution in [-0.4, -0.2) is 38.7 Å². The predicted molar refractivity (Wildman–Crippen MR) is 73.4 cm³/mol. The van der Waals surface area contributed by atoms with Crippen LogP contribution in [0.5, 0.6) is 0 Å². The van der Waals surface area contributed by atoms with Gasteiger partial charge in [-0.15, -0.1) is 5.10 Å². The van der Waals surface area contributed by atoms with Crippen LogP contribution in [0.4, 0.5) is 0 Å². The maximum absolute atomic E-state index is 10.9. The zero-order valence-electron chi connectivity index (χ0n) is 11.7. The molecular formula is C14H22N4O2. The Labute approximate surface area is 118 Å². The van der Waals surface area contributed by atoms with E-state index in [2.05, 4.69) is 15.6 Å². The topological polar surface area (TPSA) is 80.0 Å². The van der Waals surface area contributed by atoms with E-state index in [0.29, 0.717) is 13.0 Å². The molecule has 0 bridgehead atoms. The minimum Gasteiger partial charge on any atom is -0.480 e. The molecular weight excluding hydrogens is 256 g/mol. The van der Waals surface area contributed by atoms with Gasteiger partial charge in [0.15, 0.2) is 0 Å². The average molecular weight is 278 g/mol. The van der Waals surface area contributed by atoms with Crippen LogP contribution in [0.2, 0.25) is 0 Å². The first kappa shape index (κ1) is 13.5. The number of hydrogen-bond donors (Lipinski definition) is 2. The van der Waals surface area contributed by atoms with Crippen LogP contribution in [0, 0.1) is 5.92 Å². The van der Waals surface area contributed by atoms with Gasteiger partial charge in [-0.1, -0.05) is 37.3 Å². The van der Waals surface area contributed by atoms with Gasteiger partial charge in [-0.25, -0.2) is 4.68 Å². The Morgan fingerprint density at radius 3 is 2.90 bits per heavy atom. The van der Waals surface area contributed by atoms with Gasteiger partial charge in [-0.05, 0) is 18.8 Å². The van der Waals surface area contributed by atoms with Gasteiger partial charge in [-0.3, -0.25) is 4.79 Å². The van der Waals surface area contributed by atoms with Crippen molar-refractivity contribution in [2.75, 3.05) is 6.54 Å². The van der Waals surface area contributed by atoms with E-state index in [4.69, 9.17) is 5.11 Å². The minimum atomic E-state index is -0.782. The van der Waals surface area contributed by atoms with Gasteiger partial charge < -0.3 is 10.4 Å². The summed E-state index contributed by atoms with van der Waals surface area (Å²) in [4.78, 5) is 10.9. The average Bonchev–Trinajstić information content (AvgIpc) is 3.08. The quantitative estimate of drug-likeness (QED) is 0.870. The van der Waals surface area contributed by atoms with E-state index in [-0.39, 0.29) is 6.04 Å².